The largest absolute Gasteiger partial charge is 0.481 e. The molecule has 29 heavy (non-hydrogen) atoms. The zero-order valence-electron chi connectivity index (χ0n) is 16.5. The van der Waals surface area contributed by atoms with Gasteiger partial charge in [-0.1, -0.05) is 0 Å². The Labute approximate surface area is 168 Å². The minimum absolute atomic E-state index is 0.0989. The number of likely N-dealkylation sites (tertiary alicyclic amines) is 1. The normalized spacial score (nSPS) is 19.5. The van der Waals surface area contributed by atoms with Crippen molar-refractivity contribution in [2.24, 2.45) is 17.4 Å². The van der Waals surface area contributed by atoms with Gasteiger partial charge in [-0.15, -0.1) is 0 Å². The summed E-state index contributed by atoms with van der Waals surface area (Å²) in [6, 6.07) is -3.15. The van der Waals surface area contributed by atoms with Crippen LogP contribution < -0.4 is 16.8 Å². The Hall–Kier alpha value is -2.53. The van der Waals surface area contributed by atoms with E-state index in [4.69, 9.17) is 16.6 Å². The van der Waals surface area contributed by atoms with Crippen LogP contribution in [-0.4, -0.2) is 75.9 Å². The maximum Gasteiger partial charge on any atom is 0.326 e. The number of unbranched alkanes of at least 4 members (excludes halogenated alkanes) is 1. The molecule has 0 aliphatic carbocycles. The van der Waals surface area contributed by atoms with Gasteiger partial charge in [-0.2, -0.15) is 0 Å². The average molecular weight is 414 g/mol. The van der Waals surface area contributed by atoms with E-state index in [2.05, 4.69) is 5.32 Å². The second-order valence-electron chi connectivity index (χ2n) is 7.20. The third-order valence-corrected chi connectivity index (χ3v) is 4.90. The number of hydrogen-bond donors (Lipinski definition) is 5. The first kappa shape index (κ1) is 24.5. The highest BCUT2D eigenvalue weighted by Crippen LogP contribution is 2.25. The van der Waals surface area contributed by atoms with Gasteiger partial charge in [-0.05, 0) is 45.6 Å². The van der Waals surface area contributed by atoms with Crippen molar-refractivity contribution in [3.63, 3.8) is 0 Å². The standard InChI is InChI=1S/C18H30N4O7/c1-10(20)16(26)21-12(5-6-14(23)24)15(25)11-7-9-22(17(11)27)13(18(28)29)4-2-3-8-19/h10-13H,2-9,19-20H2,1H3,(H,21,26)(H,23,24)(H,28,29)/t10-,11+,12-,13-/m0/s1. The molecule has 4 atom stereocenters. The number of carbonyl (C=O) groups is 5. The number of ketones is 1. The summed E-state index contributed by atoms with van der Waals surface area (Å²) in [5.41, 5.74) is 10.9. The van der Waals surface area contributed by atoms with Crippen molar-refractivity contribution in [1.82, 2.24) is 10.2 Å². The molecule has 0 saturated carbocycles. The quantitative estimate of drug-likeness (QED) is 0.179. The molecule has 0 bridgehead atoms. The molecule has 0 aromatic carbocycles. The van der Waals surface area contributed by atoms with E-state index >= 15 is 0 Å². The van der Waals surface area contributed by atoms with Crippen LogP contribution in [0.15, 0.2) is 0 Å². The first-order valence-corrected chi connectivity index (χ1v) is 9.65. The number of carbonyl (C=O) groups excluding carboxylic acids is 3. The third kappa shape index (κ3) is 7.09. The van der Waals surface area contributed by atoms with Crippen LogP contribution in [0.3, 0.4) is 0 Å². The number of Topliss-reactive ketones (excluding diaryl/α,β-unsaturated/α-hetero) is 1. The van der Waals surface area contributed by atoms with E-state index in [0.717, 1.165) is 0 Å². The lowest BCUT2D eigenvalue weighted by Gasteiger charge is -2.25. The Morgan fingerprint density at radius 1 is 1.21 bits per heavy atom. The summed E-state index contributed by atoms with van der Waals surface area (Å²) in [7, 11) is 0. The van der Waals surface area contributed by atoms with E-state index in [-0.39, 0.29) is 32.2 Å². The molecule has 7 N–H and O–H groups in total. The fourth-order valence-corrected chi connectivity index (χ4v) is 3.27. The molecule has 0 aromatic heterocycles. The van der Waals surface area contributed by atoms with Crippen LogP contribution in [0.1, 0.15) is 45.4 Å². The molecule has 2 amide bonds. The summed E-state index contributed by atoms with van der Waals surface area (Å²) in [6.45, 7) is 1.92. The number of nitrogens with zero attached hydrogens (tertiary/aromatic N) is 1. The number of carboxylic acid groups (broad SMARTS) is 2. The highest BCUT2D eigenvalue weighted by atomic mass is 16.4. The van der Waals surface area contributed by atoms with Crippen molar-refractivity contribution in [3.05, 3.63) is 0 Å². The molecule has 11 heteroatoms. The van der Waals surface area contributed by atoms with Gasteiger partial charge in [-0.3, -0.25) is 19.2 Å². The number of rotatable bonds is 13. The zero-order valence-corrected chi connectivity index (χ0v) is 16.5. The molecule has 1 aliphatic rings. The Bertz CT molecular complexity index is 638. The SMILES string of the molecule is C[C@H](N)C(=O)N[C@@H](CCC(=O)O)C(=O)[C@H]1CCN([C@@H](CCCCN)C(=O)O)C1=O. The number of carboxylic acids is 2. The summed E-state index contributed by atoms with van der Waals surface area (Å²) < 4.78 is 0. The maximum atomic E-state index is 12.9. The fourth-order valence-electron chi connectivity index (χ4n) is 3.27. The Kier molecular flexibility index (Phi) is 9.69. The minimum atomic E-state index is -1.18. The lowest BCUT2D eigenvalue weighted by Crippen LogP contribution is -2.50. The average Bonchev–Trinajstić information content (AvgIpc) is 3.02. The fraction of sp³-hybridized carbons (Fsp3) is 0.722. The monoisotopic (exact) mass is 414 g/mol. The van der Waals surface area contributed by atoms with Crippen LogP contribution in [0.25, 0.3) is 0 Å². The van der Waals surface area contributed by atoms with E-state index in [9.17, 15) is 29.1 Å². The molecular formula is C18H30N4O7. The van der Waals surface area contributed by atoms with Gasteiger partial charge in [0.2, 0.25) is 11.8 Å². The molecule has 164 valence electrons. The summed E-state index contributed by atoms with van der Waals surface area (Å²) in [4.78, 5) is 61.1. The molecule has 1 fully saturated rings. The molecule has 1 aliphatic heterocycles. The summed E-state index contributed by atoms with van der Waals surface area (Å²) >= 11 is 0. The van der Waals surface area contributed by atoms with Crippen molar-refractivity contribution >= 4 is 29.5 Å². The van der Waals surface area contributed by atoms with Crippen molar-refractivity contribution in [3.8, 4) is 0 Å². The molecule has 1 rings (SSSR count). The predicted octanol–water partition coefficient (Wildman–Crippen LogP) is -1.32. The van der Waals surface area contributed by atoms with Gasteiger partial charge in [0.15, 0.2) is 5.78 Å². The van der Waals surface area contributed by atoms with E-state index < -0.39 is 53.6 Å². The minimum Gasteiger partial charge on any atom is -0.481 e. The smallest absolute Gasteiger partial charge is 0.326 e. The van der Waals surface area contributed by atoms with Gasteiger partial charge in [0.25, 0.3) is 0 Å². The van der Waals surface area contributed by atoms with Crippen LogP contribution in [0.2, 0.25) is 0 Å². The third-order valence-electron chi connectivity index (χ3n) is 4.90. The molecule has 1 heterocycles. The molecule has 0 unspecified atom stereocenters. The van der Waals surface area contributed by atoms with Gasteiger partial charge >= 0.3 is 11.9 Å². The van der Waals surface area contributed by atoms with Crippen LogP contribution in [-0.2, 0) is 24.0 Å². The van der Waals surface area contributed by atoms with Crippen LogP contribution in [0, 0.1) is 5.92 Å². The highest BCUT2D eigenvalue weighted by Gasteiger charge is 2.44. The summed E-state index contributed by atoms with van der Waals surface area (Å²) in [6.07, 6.45) is 0.918. The maximum absolute atomic E-state index is 12.9. The molecule has 11 nitrogen and oxygen atoms in total. The summed E-state index contributed by atoms with van der Waals surface area (Å²) in [5.74, 6) is -5.32. The van der Waals surface area contributed by atoms with E-state index in [0.29, 0.717) is 19.4 Å². The first-order chi connectivity index (χ1) is 13.6. The second-order valence-corrected chi connectivity index (χ2v) is 7.20. The van der Waals surface area contributed by atoms with Gasteiger partial charge in [0.1, 0.15) is 12.0 Å². The molecule has 0 radical (unpaired) electrons. The lowest BCUT2D eigenvalue weighted by molar-refractivity contribution is -0.151. The van der Waals surface area contributed by atoms with E-state index in [1.54, 1.807) is 0 Å². The van der Waals surface area contributed by atoms with Gasteiger partial charge in [0.05, 0.1) is 12.1 Å². The molecule has 0 spiro atoms. The van der Waals surface area contributed by atoms with Gasteiger partial charge < -0.3 is 31.9 Å². The van der Waals surface area contributed by atoms with E-state index in [1.165, 1.54) is 11.8 Å². The van der Waals surface area contributed by atoms with Crippen LogP contribution in [0.4, 0.5) is 0 Å². The van der Waals surface area contributed by atoms with Crippen molar-refractivity contribution in [2.45, 2.75) is 63.6 Å². The lowest BCUT2D eigenvalue weighted by atomic mass is 9.93. The number of nitrogens with one attached hydrogen (secondary N) is 1. The van der Waals surface area contributed by atoms with Crippen LogP contribution >= 0.6 is 0 Å². The number of nitrogens with two attached hydrogens (primary N) is 2. The number of aliphatic carboxylic acids is 2. The number of hydrogen-bond acceptors (Lipinski definition) is 7. The topological polar surface area (TPSA) is 193 Å². The van der Waals surface area contributed by atoms with Crippen molar-refractivity contribution < 1.29 is 34.2 Å². The highest BCUT2D eigenvalue weighted by molar-refractivity contribution is 6.07. The van der Waals surface area contributed by atoms with Crippen molar-refractivity contribution in [1.29, 1.82) is 0 Å². The molecule has 1 saturated heterocycles. The zero-order chi connectivity index (χ0) is 22.1. The number of amides is 2. The summed E-state index contributed by atoms with van der Waals surface area (Å²) in [5, 5.41) is 20.7. The van der Waals surface area contributed by atoms with Crippen molar-refractivity contribution in [2.75, 3.05) is 13.1 Å². The molecular weight excluding hydrogens is 384 g/mol. The molecule has 0 aromatic rings. The van der Waals surface area contributed by atoms with Crippen LogP contribution in [0.5, 0.6) is 0 Å². The Morgan fingerprint density at radius 3 is 2.38 bits per heavy atom. The predicted molar refractivity (Wildman–Crippen MR) is 102 cm³/mol. The van der Waals surface area contributed by atoms with Gasteiger partial charge in [0, 0.05) is 13.0 Å². The van der Waals surface area contributed by atoms with E-state index in [1.807, 2.05) is 0 Å². The Morgan fingerprint density at radius 2 is 1.86 bits per heavy atom. The Balaban J connectivity index is 2.91. The second kappa shape index (κ2) is 11.5. The van der Waals surface area contributed by atoms with Gasteiger partial charge in [-0.25, -0.2) is 4.79 Å². The first-order valence-electron chi connectivity index (χ1n) is 9.65.